The van der Waals surface area contributed by atoms with Crippen molar-refractivity contribution in [3.63, 3.8) is 0 Å². The largest absolute Gasteiger partial charge is 0.374 e. The van der Waals surface area contributed by atoms with Crippen LogP contribution in [0.3, 0.4) is 0 Å². The zero-order valence-electron chi connectivity index (χ0n) is 7.86. The summed E-state index contributed by atoms with van der Waals surface area (Å²) in [7, 11) is -4.56. The van der Waals surface area contributed by atoms with E-state index in [9.17, 15) is 17.1 Å². The van der Waals surface area contributed by atoms with Gasteiger partial charge in [0.05, 0.1) is 0 Å². The Kier molecular flexibility index (Phi) is 3.43. The topological polar surface area (TPSA) is 66.5 Å². The third-order valence-electron chi connectivity index (χ3n) is 2.17. The maximum Gasteiger partial charge on any atom is 0.374 e. The molecule has 14 heavy (non-hydrogen) atoms. The maximum atomic E-state index is 12.5. The highest BCUT2D eigenvalue weighted by Crippen LogP contribution is 2.14. The van der Waals surface area contributed by atoms with Crippen molar-refractivity contribution in [2.24, 2.45) is 0 Å². The molecule has 1 aliphatic heterocycles. The van der Waals surface area contributed by atoms with Gasteiger partial charge in [-0.3, -0.25) is 4.79 Å². The van der Waals surface area contributed by atoms with Crippen LogP contribution in [-0.2, 0) is 15.2 Å². The van der Waals surface area contributed by atoms with Gasteiger partial charge in [0.1, 0.15) is 0 Å². The van der Waals surface area contributed by atoms with Gasteiger partial charge < -0.3 is 5.32 Å². The Balaban J connectivity index is 2.43. The minimum Gasteiger partial charge on any atom is -0.354 e. The molecular weight excluding hydrogens is 211 g/mol. The molecule has 1 aliphatic rings. The summed E-state index contributed by atoms with van der Waals surface area (Å²) in [6.07, 6.45) is 0.922. The van der Waals surface area contributed by atoms with Gasteiger partial charge in [0.2, 0.25) is 5.91 Å². The Morgan fingerprint density at radius 3 is 2.29 bits per heavy atom. The molecule has 0 radical (unpaired) electrons. The molecule has 0 unspecified atom stereocenters. The van der Waals surface area contributed by atoms with E-state index in [2.05, 4.69) is 5.32 Å². The minimum absolute atomic E-state index is 0.0366. The first-order chi connectivity index (χ1) is 6.39. The summed E-state index contributed by atoms with van der Waals surface area (Å²) in [5, 5.41) is 2.67. The summed E-state index contributed by atoms with van der Waals surface area (Å²) >= 11 is 0. The molecule has 0 aromatic carbocycles. The summed E-state index contributed by atoms with van der Waals surface area (Å²) in [5.74, 6) is -0.147. The third-order valence-corrected chi connectivity index (χ3v) is 3.15. The molecule has 0 spiro atoms. The second kappa shape index (κ2) is 4.22. The number of hydrogen-bond donors (Lipinski definition) is 1. The van der Waals surface area contributed by atoms with Crippen LogP contribution in [0, 0.1) is 0 Å². The van der Waals surface area contributed by atoms with E-state index < -0.39 is 10.4 Å². The van der Waals surface area contributed by atoms with Gasteiger partial charge in [-0.05, 0) is 12.8 Å². The number of carbonyl (C=O) groups is 1. The normalized spacial score (nSPS) is 20.7. The fourth-order valence-corrected chi connectivity index (χ4v) is 2.15. The van der Waals surface area contributed by atoms with Crippen LogP contribution in [0.4, 0.5) is 3.89 Å². The van der Waals surface area contributed by atoms with Gasteiger partial charge in [-0.2, -0.15) is 12.7 Å². The average molecular weight is 224 g/mol. The fraction of sp³-hybridized carbons (Fsp3) is 0.857. The minimum atomic E-state index is -4.56. The highest BCUT2D eigenvalue weighted by atomic mass is 32.3. The van der Waals surface area contributed by atoms with Gasteiger partial charge in [-0.25, -0.2) is 0 Å². The van der Waals surface area contributed by atoms with Crippen molar-refractivity contribution >= 4 is 16.3 Å². The summed E-state index contributed by atoms with van der Waals surface area (Å²) < 4.78 is 34.2. The Hall–Kier alpha value is -0.690. The van der Waals surface area contributed by atoms with Crippen LogP contribution < -0.4 is 5.32 Å². The van der Waals surface area contributed by atoms with E-state index in [4.69, 9.17) is 0 Å². The molecule has 82 valence electrons. The first kappa shape index (κ1) is 11.4. The first-order valence-corrected chi connectivity index (χ1v) is 5.70. The summed E-state index contributed by atoms with van der Waals surface area (Å²) in [6, 6.07) is -0.0366. The van der Waals surface area contributed by atoms with Gasteiger partial charge in [0, 0.05) is 26.1 Å². The Labute approximate surface area is 82.6 Å². The smallest absolute Gasteiger partial charge is 0.354 e. The van der Waals surface area contributed by atoms with Gasteiger partial charge in [0.15, 0.2) is 0 Å². The van der Waals surface area contributed by atoms with Crippen LogP contribution in [0.25, 0.3) is 0 Å². The van der Waals surface area contributed by atoms with E-state index in [0.717, 1.165) is 4.31 Å². The Bertz CT molecular complexity index is 309. The van der Waals surface area contributed by atoms with E-state index in [1.807, 2.05) is 0 Å². The number of amides is 1. The fourth-order valence-electron chi connectivity index (χ4n) is 1.51. The third kappa shape index (κ3) is 3.22. The van der Waals surface area contributed by atoms with Crippen LogP contribution in [0.2, 0.25) is 0 Å². The summed E-state index contributed by atoms with van der Waals surface area (Å²) in [4.78, 5) is 10.7. The molecule has 1 rings (SSSR count). The van der Waals surface area contributed by atoms with Gasteiger partial charge >= 0.3 is 10.4 Å². The quantitative estimate of drug-likeness (QED) is 0.661. The van der Waals surface area contributed by atoms with Crippen molar-refractivity contribution in [2.45, 2.75) is 25.8 Å². The van der Waals surface area contributed by atoms with E-state index in [1.54, 1.807) is 0 Å². The van der Waals surface area contributed by atoms with Crippen molar-refractivity contribution in [3.05, 3.63) is 0 Å². The lowest BCUT2D eigenvalue weighted by Crippen LogP contribution is -2.45. The number of piperidine rings is 1. The van der Waals surface area contributed by atoms with Crippen LogP contribution in [0.5, 0.6) is 0 Å². The number of hydrogen-bond acceptors (Lipinski definition) is 3. The van der Waals surface area contributed by atoms with Crippen molar-refractivity contribution < 1.29 is 17.1 Å². The predicted molar refractivity (Wildman–Crippen MR) is 48.4 cm³/mol. The van der Waals surface area contributed by atoms with Crippen molar-refractivity contribution in [1.29, 1.82) is 0 Å². The highest BCUT2D eigenvalue weighted by Gasteiger charge is 2.27. The van der Waals surface area contributed by atoms with E-state index in [-0.39, 0.29) is 25.0 Å². The average Bonchev–Trinajstić information content (AvgIpc) is 2.02. The molecule has 7 heteroatoms. The molecule has 1 saturated heterocycles. The number of halogens is 1. The monoisotopic (exact) mass is 224 g/mol. The molecule has 0 saturated carbocycles. The molecule has 5 nitrogen and oxygen atoms in total. The molecule has 1 amide bonds. The molecular formula is C7H13FN2O3S. The van der Waals surface area contributed by atoms with Crippen LogP contribution in [-0.4, -0.2) is 37.8 Å². The lowest BCUT2D eigenvalue weighted by Gasteiger charge is -2.28. The number of nitrogens with one attached hydrogen (secondary N) is 1. The molecule has 0 bridgehead atoms. The second-order valence-corrected chi connectivity index (χ2v) is 4.66. The standard InChI is InChI=1S/C7H13FN2O3S/c1-6(11)9-7-2-4-10(5-3-7)14(8,12)13/h7H,2-5H2,1H3,(H,9,11). The van der Waals surface area contributed by atoms with Crippen LogP contribution >= 0.6 is 0 Å². The highest BCUT2D eigenvalue weighted by molar-refractivity contribution is 7.83. The van der Waals surface area contributed by atoms with Gasteiger partial charge in [-0.1, -0.05) is 3.89 Å². The van der Waals surface area contributed by atoms with E-state index in [1.165, 1.54) is 6.92 Å². The van der Waals surface area contributed by atoms with E-state index >= 15 is 0 Å². The van der Waals surface area contributed by atoms with Crippen LogP contribution in [0.1, 0.15) is 19.8 Å². The molecule has 1 fully saturated rings. The molecule has 0 atom stereocenters. The molecule has 0 aromatic heterocycles. The molecule has 0 aliphatic carbocycles. The van der Waals surface area contributed by atoms with Crippen molar-refractivity contribution in [2.75, 3.05) is 13.1 Å². The first-order valence-electron chi connectivity index (χ1n) is 4.36. The van der Waals surface area contributed by atoms with Gasteiger partial charge in [0.25, 0.3) is 0 Å². The second-order valence-electron chi connectivity index (χ2n) is 3.32. The lowest BCUT2D eigenvalue weighted by molar-refractivity contribution is -0.119. The molecule has 1 N–H and O–H groups in total. The Morgan fingerprint density at radius 2 is 1.93 bits per heavy atom. The number of carbonyl (C=O) groups excluding carboxylic acids is 1. The SMILES string of the molecule is CC(=O)NC1CCN(S(=O)(=O)F)CC1. The predicted octanol–water partition coefficient (Wildman–Crippen LogP) is -0.199. The van der Waals surface area contributed by atoms with E-state index in [0.29, 0.717) is 12.8 Å². The number of rotatable bonds is 2. The molecule has 1 heterocycles. The Morgan fingerprint density at radius 1 is 1.43 bits per heavy atom. The zero-order valence-corrected chi connectivity index (χ0v) is 8.68. The van der Waals surface area contributed by atoms with Crippen molar-refractivity contribution in [1.82, 2.24) is 9.62 Å². The lowest BCUT2D eigenvalue weighted by atomic mass is 10.1. The van der Waals surface area contributed by atoms with Crippen LogP contribution in [0.15, 0.2) is 0 Å². The van der Waals surface area contributed by atoms with Crippen molar-refractivity contribution in [3.8, 4) is 0 Å². The van der Waals surface area contributed by atoms with Gasteiger partial charge in [-0.15, -0.1) is 0 Å². The number of nitrogens with zero attached hydrogens (tertiary/aromatic N) is 1. The zero-order chi connectivity index (χ0) is 10.8. The summed E-state index contributed by atoms with van der Waals surface area (Å²) in [5.41, 5.74) is 0. The summed E-state index contributed by atoms with van der Waals surface area (Å²) in [6.45, 7) is 1.66. The molecule has 0 aromatic rings. The maximum absolute atomic E-state index is 12.5.